The number of carboxylic acids is 2. The van der Waals surface area contributed by atoms with E-state index >= 15 is 0 Å². The molecule has 0 unspecified atom stereocenters. The molecule has 4 nitrogen and oxygen atoms in total. The van der Waals surface area contributed by atoms with Crippen molar-refractivity contribution in [3.05, 3.63) is 107 Å². The van der Waals surface area contributed by atoms with Crippen molar-refractivity contribution in [1.29, 1.82) is 0 Å². The lowest BCUT2D eigenvalue weighted by Crippen LogP contribution is -2.02. The highest BCUT2D eigenvalue weighted by molar-refractivity contribution is 6.11. The molecular weight excluding hydrogens is 376 g/mol. The Labute approximate surface area is 173 Å². The Morgan fingerprint density at radius 1 is 0.633 bits per heavy atom. The molecular formula is C26H16O4. The molecule has 4 aromatic carbocycles. The molecule has 0 fully saturated rings. The van der Waals surface area contributed by atoms with Gasteiger partial charge in [-0.05, 0) is 46.2 Å². The van der Waals surface area contributed by atoms with E-state index in [0.29, 0.717) is 16.3 Å². The minimum atomic E-state index is -1.13. The minimum Gasteiger partial charge on any atom is -0.478 e. The van der Waals surface area contributed by atoms with Crippen LogP contribution in [-0.4, -0.2) is 22.2 Å². The molecule has 0 radical (unpaired) electrons. The molecule has 0 amide bonds. The average molecular weight is 392 g/mol. The van der Waals surface area contributed by atoms with Crippen LogP contribution in [0.2, 0.25) is 0 Å². The summed E-state index contributed by atoms with van der Waals surface area (Å²) in [6.45, 7) is 0. The number of carbonyl (C=O) groups is 2. The number of aromatic carboxylic acids is 2. The van der Waals surface area contributed by atoms with Gasteiger partial charge < -0.3 is 10.2 Å². The Kier molecular flexibility index (Phi) is 5.02. The van der Waals surface area contributed by atoms with E-state index in [-0.39, 0.29) is 11.1 Å². The first kappa shape index (κ1) is 19.0. The zero-order valence-electron chi connectivity index (χ0n) is 15.8. The van der Waals surface area contributed by atoms with E-state index in [2.05, 4.69) is 11.8 Å². The third-order valence-electron chi connectivity index (χ3n) is 4.81. The molecule has 0 spiro atoms. The third-order valence-corrected chi connectivity index (χ3v) is 4.81. The monoisotopic (exact) mass is 392 g/mol. The van der Waals surface area contributed by atoms with Crippen molar-refractivity contribution in [2.24, 2.45) is 0 Å². The lowest BCUT2D eigenvalue weighted by Gasteiger charge is -2.07. The maximum absolute atomic E-state index is 11.8. The van der Waals surface area contributed by atoms with Gasteiger partial charge >= 0.3 is 11.9 Å². The van der Waals surface area contributed by atoms with Crippen LogP contribution in [0.5, 0.6) is 0 Å². The van der Waals surface area contributed by atoms with Gasteiger partial charge in [0.25, 0.3) is 0 Å². The quantitative estimate of drug-likeness (QED) is 0.464. The molecule has 0 aliphatic heterocycles. The summed E-state index contributed by atoms with van der Waals surface area (Å²) in [5, 5.41) is 19.8. The van der Waals surface area contributed by atoms with E-state index < -0.39 is 11.9 Å². The van der Waals surface area contributed by atoms with Crippen LogP contribution in [0.25, 0.3) is 21.9 Å². The number of fused-ring (bicyclic) bond motifs is 1. The molecule has 2 N–H and O–H groups in total. The van der Waals surface area contributed by atoms with Crippen molar-refractivity contribution in [3.8, 4) is 23.0 Å². The third kappa shape index (κ3) is 3.65. The smallest absolute Gasteiger partial charge is 0.336 e. The zero-order chi connectivity index (χ0) is 21.1. The first-order chi connectivity index (χ1) is 14.5. The molecule has 0 heterocycles. The highest BCUT2D eigenvalue weighted by atomic mass is 16.4. The minimum absolute atomic E-state index is 0.0243. The molecule has 0 aliphatic rings. The normalized spacial score (nSPS) is 10.3. The van der Waals surface area contributed by atoms with Gasteiger partial charge in [-0.15, -0.1) is 0 Å². The van der Waals surface area contributed by atoms with Gasteiger partial charge in [0.2, 0.25) is 0 Å². The molecule has 4 heteroatoms. The van der Waals surface area contributed by atoms with E-state index in [4.69, 9.17) is 0 Å². The van der Waals surface area contributed by atoms with Gasteiger partial charge in [-0.1, -0.05) is 72.5 Å². The van der Waals surface area contributed by atoms with Crippen molar-refractivity contribution in [1.82, 2.24) is 0 Å². The van der Waals surface area contributed by atoms with E-state index in [9.17, 15) is 19.8 Å². The second-order valence-corrected chi connectivity index (χ2v) is 6.70. The van der Waals surface area contributed by atoms with Gasteiger partial charge in [0, 0.05) is 11.1 Å². The Morgan fingerprint density at radius 2 is 1.33 bits per heavy atom. The number of hydrogen-bond acceptors (Lipinski definition) is 2. The second-order valence-electron chi connectivity index (χ2n) is 6.70. The summed E-state index contributed by atoms with van der Waals surface area (Å²) in [6, 6.07) is 25.3. The second kappa shape index (κ2) is 7.94. The maximum Gasteiger partial charge on any atom is 0.336 e. The van der Waals surface area contributed by atoms with Crippen molar-refractivity contribution < 1.29 is 19.8 Å². The molecule has 144 valence electrons. The fraction of sp³-hybridized carbons (Fsp3) is 0. The van der Waals surface area contributed by atoms with E-state index in [1.807, 2.05) is 54.6 Å². The van der Waals surface area contributed by atoms with Crippen molar-refractivity contribution >= 4 is 22.7 Å². The average Bonchev–Trinajstić information content (AvgIpc) is 2.77. The van der Waals surface area contributed by atoms with E-state index in [0.717, 1.165) is 16.7 Å². The summed E-state index contributed by atoms with van der Waals surface area (Å²) in [4.78, 5) is 23.4. The van der Waals surface area contributed by atoms with Crippen LogP contribution in [0.3, 0.4) is 0 Å². The van der Waals surface area contributed by atoms with Gasteiger partial charge in [-0.3, -0.25) is 0 Å². The lowest BCUT2D eigenvalue weighted by atomic mass is 9.96. The zero-order valence-corrected chi connectivity index (χ0v) is 15.8. The molecule has 0 bridgehead atoms. The summed E-state index contributed by atoms with van der Waals surface area (Å²) < 4.78 is 0. The number of carboxylic acid groups (broad SMARTS) is 2. The molecule has 0 aliphatic carbocycles. The summed E-state index contributed by atoms with van der Waals surface area (Å²) in [5.41, 5.74) is 3.31. The molecule has 4 aromatic rings. The van der Waals surface area contributed by atoms with Gasteiger partial charge in [0.1, 0.15) is 0 Å². The number of hydrogen-bond donors (Lipinski definition) is 2. The molecule has 4 rings (SSSR count). The van der Waals surface area contributed by atoms with Crippen LogP contribution in [0.4, 0.5) is 0 Å². The molecule has 0 atom stereocenters. The van der Waals surface area contributed by atoms with Crippen LogP contribution >= 0.6 is 0 Å². The number of benzene rings is 4. The first-order valence-corrected chi connectivity index (χ1v) is 9.24. The van der Waals surface area contributed by atoms with Crippen molar-refractivity contribution in [2.75, 3.05) is 0 Å². The fourth-order valence-electron chi connectivity index (χ4n) is 3.42. The van der Waals surface area contributed by atoms with Crippen LogP contribution in [-0.2, 0) is 0 Å². The van der Waals surface area contributed by atoms with E-state index in [1.165, 1.54) is 12.1 Å². The van der Waals surface area contributed by atoms with Gasteiger partial charge in [0.15, 0.2) is 0 Å². The first-order valence-electron chi connectivity index (χ1n) is 9.24. The summed E-state index contributed by atoms with van der Waals surface area (Å²) in [7, 11) is 0. The molecule has 0 saturated heterocycles. The van der Waals surface area contributed by atoms with Gasteiger partial charge in [0.05, 0.1) is 11.1 Å². The molecule has 30 heavy (non-hydrogen) atoms. The van der Waals surface area contributed by atoms with Crippen LogP contribution < -0.4 is 0 Å². The summed E-state index contributed by atoms with van der Waals surface area (Å²) in [6.07, 6.45) is 0. The van der Waals surface area contributed by atoms with Crippen LogP contribution in [0, 0.1) is 11.8 Å². The largest absolute Gasteiger partial charge is 0.478 e. The fourth-order valence-corrected chi connectivity index (χ4v) is 3.42. The lowest BCUT2D eigenvalue weighted by molar-refractivity contribution is 0.0686. The summed E-state index contributed by atoms with van der Waals surface area (Å²) in [5.74, 6) is 3.89. The predicted molar refractivity (Wildman–Crippen MR) is 116 cm³/mol. The molecule has 0 saturated carbocycles. The molecule has 0 aromatic heterocycles. The van der Waals surface area contributed by atoms with Gasteiger partial charge in [-0.2, -0.15) is 0 Å². The van der Waals surface area contributed by atoms with Crippen LogP contribution in [0.15, 0.2) is 84.9 Å². The summed E-state index contributed by atoms with van der Waals surface area (Å²) >= 11 is 0. The Bertz CT molecular complexity index is 1340. The Morgan fingerprint density at radius 3 is 2.07 bits per heavy atom. The van der Waals surface area contributed by atoms with Gasteiger partial charge in [-0.25, -0.2) is 9.59 Å². The van der Waals surface area contributed by atoms with Crippen LogP contribution in [0.1, 0.15) is 31.8 Å². The topological polar surface area (TPSA) is 74.6 Å². The van der Waals surface area contributed by atoms with Crippen molar-refractivity contribution in [2.45, 2.75) is 0 Å². The Hall–Kier alpha value is -4.36. The number of rotatable bonds is 3. The predicted octanol–water partition coefficient (Wildman–Crippen LogP) is 5.30. The Balaban J connectivity index is 1.88. The maximum atomic E-state index is 11.8. The highest BCUT2D eigenvalue weighted by Crippen LogP contribution is 2.26. The van der Waals surface area contributed by atoms with Crippen molar-refractivity contribution in [3.63, 3.8) is 0 Å². The standard InChI is InChI=1S/C26H16O4/c27-25(28)22-12-6-11-21-23(22)15-17(16-24(21)26(29)30)13-14-19-9-4-5-10-20(19)18-7-2-1-3-8-18/h1-12,15-16H,(H,27,28)(H,29,30). The highest BCUT2D eigenvalue weighted by Gasteiger charge is 2.15. The SMILES string of the molecule is O=C(O)c1cc(C#Cc2ccccc2-c2ccccc2)cc2c(C(=O)O)cccc12. The van der Waals surface area contributed by atoms with E-state index in [1.54, 1.807) is 18.2 Å².